The van der Waals surface area contributed by atoms with Crippen LogP contribution in [0.3, 0.4) is 0 Å². The first kappa shape index (κ1) is 9.05. The van der Waals surface area contributed by atoms with Crippen molar-refractivity contribution in [2.24, 2.45) is 5.41 Å². The third-order valence-corrected chi connectivity index (χ3v) is 2.98. The lowest BCUT2D eigenvalue weighted by Crippen LogP contribution is -2.20. The van der Waals surface area contributed by atoms with Crippen LogP contribution in [0.15, 0.2) is 0 Å². The Kier molecular flexibility index (Phi) is 2.94. The van der Waals surface area contributed by atoms with Crippen molar-refractivity contribution in [1.29, 1.82) is 0 Å². The zero-order chi connectivity index (χ0) is 8.32. The van der Waals surface area contributed by atoms with E-state index in [1.807, 2.05) is 13.8 Å². The lowest BCUT2D eigenvalue weighted by Gasteiger charge is -2.20. The van der Waals surface area contributed by atoms with Crippen molar-refractivity contribution in [3.63, 3.8) is 0 Å². The first-order valence-electron chi connectivity index (χ1n) is 4.93. The minimum atomic E-state index is 0.583. The molecule has 0 aromatic rings. The van der Waals surface area contributed by atoms with Crippen LogP contribution in [0.5, 0.6) is 0 Å². The maximum atomic E-state index is 5.58. The molecule has 2 atom stereocenters. The molecule has 0 spiro atoms. The van der Waals surface area contributed by atoms with Gasteiger partial charge in [0.1, 0.15) is 0 Å². The second kappa shape index (κ2) is 3.57. The summed E-state index contributed by atoms with van der Waals surface area (Å²) in [6.07, 6.45) is 6.03. The summed E-state index contributed by atoms with van der Waals surface area (Å²) in [5, 5.41) is 0. The first-order chi connectivity index (χ1) is 5.31. The molecular weight excluding hydrogens is 136 g/mol. The maximum Gasteiger partial charge on any atom is 0.0629 e. The van der Waals surface area contributed by atoms with Crippen molar-refractivity contribution in [1.82, 2.24) is 0 Å². The Morgan fingerprint density at radius 2 is 2.00 bits per heavy atom. The fourth-order valence-electron chi connectivity index (χ4n) is 2.21. The van der Waals surface area contributed by atoms with Gasteiger partial charge in [0.25, 0.3) is 0 Å². The Morgan fingerprint density at radius 3 is 2.64 bits per heavy atom. The van der Waals surface area contributed by atoms with Crippen LogP contribution in [0.25, 0.3) is 0 Å². The van der Waals surface area contributed by atoms with Crippen LogP contribution in [-0.4, -0.2) is 12.7 Å². The van der Waals surface area contributed by atoms with Gasteiger partial charge in [-0.1, -0.05) is 27.2 Å². The molecule has 2 fully saturated rings. The average molecular weight is 156 g/mol. The molecule has 1 heterocycles. The van der Waals surface area contributed by atoms with E-state index in [-0.39, 0.29) is 0 Å². The van der Waals surface area contributed by atoms with Gasteiger partial charge in [-0.25, -0.2) is 0 Å². The molecule has 2 unspecified atom stereocenters. The van der Waals surface area contributed by atoms with E-state index in [0.29, 0.717) is 11.5 Å². The number of rotatable bonds is 0. The fraction of sp³-hybridized carbons (Fsp3) is 1.00. The molecule has 1 aliphatic heterocycles. The molecule has 1 saturated heterocycles. The van der Waals surface area contributed by atoms with Gasteiger partial charge < -0.3 is 4.74 Å². The molecule has 0 amide bonds. The maximum absolute atomic E-state index is 5.58. The van der Waals surface area contributed by atoms with E-state index in [4.69, 9.17) is 4.74 Å². The molecule has 0 aromatic heterocycles. The third kappa shape index (κ3) is 1.58. The predicted molar refractivity (Wildman–Crippen MR) is 47.7 cm³/mol. The van der Waals surface area contributed by atoms with Gasteiger partial charge in [-0.05, 0) is 24.7 Å². The molecule has 1 saturated carbocycles. The monoisotopic (exact) mass is 156 g/mol. The summed E-state index contributed by atoms with van der Waals surface area (Å²) in [7, 11) is 0. The number of fused-ring (bicyclic) bond motifs is 1. The zero-order valence-corrected chi connectivity index (χ0v) is 8.02. The first-order valence-corrected chi connectivity index (χ1v) is 4.93. The van der Waals surface area contributed by atoms with Gasteiger partial charge in [-0.3, -0.25) is 0 Å². The predicted octanol–water partition coefficient (Wildman–Crippen LogP) is 2.99. The zero-order valence-electron chi connectivity index (χ0n) is 8.02. The van der Waals surface area contributed by atoms with Gasteiger partial charge in [0.2, 0.25) is 0 Å². The molecule has 0 aromatic carbocycles. The summed E-state index contributed by atoms with van der Waals surface area (Å²) in [6.45, 7) is 7.39. The lowest BCUT2D eigenvalue weighted by molar-refractivity contribution is 0.0772. The van der Waals surface area contributed by atoms with Gasteiger partial charge in [-0.2, -0.15) is 0 Å². The summed E-state index contributed by atoms with van der Waals surface area (Å²) in [6, 6.07) is 0. The van der Waals surface area contributed by atoms with Gasteiger partial charge >= 0.3 is 0 Å². The van der Waals surface area contributed by atoms with Crippen molar-refractivity contribution < 1.29 is 4.74 Å². The summed E-state index contributed by atoms with van der Waals surface area (Å²) in [5.41, 5.74) is 0.583. The molecular formula is C10H20O. The SMILES string of the molecule is CC.CC12CCCC1OCC2. The van der Waals surface area contributed by atoms with Gasteiger partial charge in [-0.15, -0.1) is 0 Å². The van der Waals surface area contributed by atoms with E-state index in [1.165, 1.54) is 25.7 Å². The van der Waals surface area contributed by atoms with Crippen molar-refractivity contribution in [2.75, 3.05) is 6.61 Å². The second-order valence-electron chi connectivity index (χ2n) is 3.66. The van der Waals surface area contributed by atoms with Crippen LogP contribution < -0.4 is 0 Å². The van der Waals surface area contributed by atoms with Crippen molar-refractivity contribution >= 4 is 0 Å². The third-order valence-electron chi connectivity index (χ3n) is 2.98. The number of hydrogen-bond donors (Lipinski definition) is 0. The van der Waals surface area contributed by atoms with E-state index in [2.05, 4.69) is 6.92 Å². The Bertz CT molecular complexity index is 110. The molecule has 11 heavy (non-hydrogen) atoms. The fourth-order valence-corrected chi connectivity index (χ4v) is 2.21. The normalized spacial score (nSPS) is 41.2. The molecule has 0 bridgehead atoms. The highest BCUT2D eigenvalue weighted by Gasteiger charge is 2.43. The molecule has 0 N–H and O–H groups in total. The highest BCUT2D eigenvalue weighted by Crippen LogP contribution is 2.46. The Balaban J connectivity index is 0.000000281. The van der Waals surface area contributed by atoms with Crippen LogP contribution in [0.2, 0.25) is 0 Å². The quantitative estimate of drug-likeness (QED) is 0.524. The minimum absolute atomic E-state index is 0.583. The smallest absolute Gasteiger partial charge is 0.0629 e. The van der Waals surface area contributed by atoms with Crippen LogP contribution in [0.1, 0.15) is 46.5 Å². The molecule has 1 heteroatoms. The summed E-state index contributed by atoms with van der Waals surface area (Å²) in [4.78, 5) is 0. The van der Waals surface area contributed by atoms with Gasteiger partial charge in [0, 0.05) is 6.61 Å². The van der Waals surface area contributed by atoms with Crippen LogP contribution in [-0.2, 0) is 4.74 Å². The lowest BCUT2D eigenvalue weighted by atomic mass is 9.86. The Labute approximate surface area is 70.1 Å². The van der Waals surface area contributed by atoms with E-state index in [0.717, 1.165) is 6.61 Å². The van der Waals surface area contributed by atoms with E-state index in [9.17, 15) is 0 Å². The van der Waals surface area contributed by atoms with Gasteiger partial charge in [0.05, 0.1) is 6.10 Å². The van der Waals surface area contributed by atoms with Crippen molar-refractivity contribution in [2.45, 2.75) is 52.6 Å². The highest BCUT2D eigenvalue weighted by atomic mass is 16.5. The summed E-state index contributed by atoms with van der Waals surface area (Å²) < 4.78 is 5.58. The number of ether oxygens (including phenoxy) is 1. The van der Waals surface area contributed by atoms with Gasteiger partial charge in [0.15, 0.2) is 0 Å². The standard InChI is InChI=1S/C8H14O.C2H6/c1-8-4-2-3-7(8)9-6-5-8;1-2/h7H,2-6H2,1H3;1-2H3. The molecule has 1 aliphatic carbocycles. The summed E-state index contributed by atoms with van der Waals surface area (Å²) >= 11 is 0. The topological polar surface area (TPSA) is 9.23 Å². The summed E-state index contributed by atoms with van der Waals surface area (Å²) in [5.74, 6) is 0. The average Bonchev–Trinajstić information content (AvgIpc) is 2.49. The highest BCUT2D eigenvalue weighted by molar-refractivity contribution is 4.92. The largest absolute Gasteiger partial charge is 0.378 e. The van der Waals surface area contributed by atoms with Crippen molar-refractivity contribution in [3.05, 3.63) is 0 Å². The molecule has 66 valence electrons. The van der Waals surface area contributed by atoms with Crippen LogP contribution in [0, 0.1) is 5.41 Å². The van der Waals surface area contributed by atoms with Crippen molar-refractivity contribution in [3.8, 4) is 0 Å². The molecule has 2 rings (SSSR count). The van der Waals surface area contributed by atoms with Crippen LogP contribution in [0.4, 0.5) is 0 Å². The van der Waals surface area contributed by atoms with E-state index < -0.39 is 0 Å². The second-order valence-corrected chi connectivity index (χ2v) is 3.66. The van der Waals surface area contributed by atoms with E-state index >= 15 is 0 Å². The molecule has 0 radical (unpaired) electrons. The van der Waals surface area contributed by atoms with Crippen LogP contribution >= 0.6 is 0 Å². The molecule has 2 aliphatic rings. The Hall–Kier alpha value is -0.0400. The Morgan fingerprint density at radius 1 is 1.27 bits per heavy atom. The number of hydrogen-bond acceptors (Lipinski definition) is 1. The van der Waals surface area contributed by atoms with E-state index in [1.54, 1.807) is 0 Å². The molecule has 1 nitrogen and oxygen atoms in total. The minimum Gasteiger partial charge on any atom is -0.378 e.